The van der Waals surface area contributed by atoms with Gasteiger partial charge in [0.05, 0.1) is 16.8 Å². The van der Waals surface area contributed by atoms with Gasteiger partial charge in [0, 0.05) is 23.3 Å². The van der Waals surface area contributed by atoms with Crippen molar-refractivity contribution in [1.29, 1.82) is 0 Å². The lowest BCUT2D eigenvalue weighted by Gasteiger charge is -2.04. The first-order chi connectivity index (χ1) is 10.8. The fourth-order valence-corrected chi connectivity index (χ4v) is 4.20. The number of sulfonamides is 1. The summed E-state index contributed by atoms with van der Waals surface area (Å²) in [5.41, 5.74) is 0.981. The van der Waals surface area contributed by atoms with Gasteiger partial charge in [0.25, 0.3) is 0 Å². The third kappa shape index (κ3) is 6.58. The van der Waals surface area contributed by atoms with E-state index in [4.69, 9.17) is 0 Å². The summed E-state index contributed by atoms with van der Waals surface area (Å²) in [5, 5.41) is 6.37. The van der Waals surface area contributed by atoms with E-state index < -0.39 is 10.0 Å². The lowest BCUT2D eigenvalue weighted by molar-refractivity contribution is 0.588. The van der Waals surface area contributed by atoms with Gasteiger partial charge in [-0.05, 0) is 30.9 Å². The van der Waals surface area contributed by atoms with E-state index in [1.807, 2.05) is 12.1 Å². The van der Waals surface area contributed by atoms with Crippen LogP contribution in [0.3, 0.4) is 0 Å². The van der Waals surface area contributed by atoms with Gasteiger partial charge in [0.15, 0.2) is 5.13 Å². The lowest BCUT2D eigenvalue weighted by atomic mass is 10.1. The zero-order valence-electron chi connectivity index (χ0n) is 13.6. The van der Waals surface area contributed by atoms with Crippen molar-refractivity contribution in [2.75, 3.05) is 24.7 Å². The summed E-state index contributed by atoms with van der Waals surface area (Å²) in [5.74, 6) is 0.683. The molecule has 0 spiro atoms. The highest BCUT2D eigenvalue weighted by molar-refractivity contribution is 7.88. The smallest absolute Gasteiger partial charge is 0.208 e. The molecule has 2 rings (SSSR count). The number of aromatic nitrogens is 1. The van der Waals surface area contributed by atoms with Crippen LogP contribution in [0.5, 0.6) is 0 Å². The average molecular weight is 374 g/mol. The molecule has 2 aromatic rings. The Morgan fingerprint density at radius 1 is 1.26 bits per heavy atom. The van der Waals surface area contributed by atoms with Crippen molar-refractivity contribution >= 4 is 37.8 Å². The van der Waals surface area contributed by atoms with Crippen LogP contribution in [0.4, 0.5) is 5.13 Å². The quantitative estimate of drug-likeness (QED) is 0.706. The molecule has 0 aliphatic heterocycles. The molecule has 0 aromatic carbocycles. The van der Waals surface area contributed by atoms with Crippen LogP contribution in [0.1, 0.15) is 25.1 Å². The first-order valence-corrected chi connectivity index (χ1v) is 11.2. The van der Waals surface area contributed by atoms with Crippen molar-refractivity contribution in [1.82, 2.24) is 9.71 Å². The molecule has 5 nitrogen and oxygen atoms in total. The predicted octanol–water partition coefficient (Wildman–Crippen LogP) is 3.42. The molecular weight excluding hydrogens is 350 g/mol. The van der Waals surface area contributed by atoms with Crippen LogP contribution in [-0.4, -0.2) is 32.7 Å². The second-order valence-electron chi connectivity index (χ2n) is 5.83. The molecular formula is C15H23N3O2S3. The van der Waals surface area contributed by atoms with Crippen LogP contribution in [0, 0.1) is 5.92 Å². The Hall–Kier alpha value is -0.960. The van der Waals surface area contributed by atoms with Crippen molar-refractivity contribution in [3.8, 4) is 10.6 Å². The number of rotatable bonds is 9. The van der Waals surface area contributed by atoms with E-state index >= 15 is 0 Å². The van der Waals surface area contributed by atoms with Gasteiger partial charge in [0.1, 0.15) is 0 Å². The summed E-state index contributed by atoms with van der Waals surface area (Å²) in [6.07, 6.45) is 3.00. The van der Waals surface area contributed by atoms with E-state index in [-0.39, 0.29) is 0 Å². The van der Waals surface area contributed by atoms with Gasteiger partial charge in [-0.2, -0.15) is 0 Å². The summed E-state index contributed by atoms with van der Waals surface area (Å²) in [4.78, 5) is 6.89. The van der Waals surface area contributed by atoms with Gasteiger partial charge < -0.3 is 5.32 Å². The third-order valence-electron chi connectivity index (χ3n) is 3.15. The maximum Gasteiger partial charge on any atom is 0.208 e. The van der Waals surface area contributed by atoms with Crippen LogP contribution >= 0.6 is 22.7 Å². The number of thiophene rings is 1. The molecule has 128 valence electrons. The molecule has 0 aliphatic carbocycles. The van der Waals surface area contributed by atoms with E-state index in [1.54, 1.807) is 22.7 Å². The molecule has 2 N–H and O–H groups in total. The van der Waals surface area contributed by atoms with E-state index in [2.05, 4.69) is 34.3 Å². The van der Waals surface area contributed by atoms with Crippen LogP contribution in [0.25, 0.3) is 10.6 Å². The summed E-state index contributed by atoms with van der Waals surface area (Å²) in [7, 11) is -3.12. The minimum atomic E-state index is -3.12. The van der Waals surface area contributed by atoms with Crippen molar-refractivity contribution < 1.29 is 8.42 Å². The summed E-state index contributed by atoms with van der Waals surface area (Å²) in [6, 6.07) is 4.09. The van der Waals surface area contributed by atoms with Crippen molar-refractivity contribution in [2.45, 2.75) is 26.7 Å². The van der Waals surface area contributed by atoms with E-state index in [9.17, 15) is 8.42 Å². The average Bonchev–Trinajstić information content (AvgIpc) is 3.05. The molecule has 8 heteroatoms. The zero-order valence-corrected chi connectivity index (χ0v) is 16.1. The predicted molar refractivity (Wildman–Crippen MR) is 99.9 cm³/mol. The third-order valence-corrected chi connectivity index (χ3v) is 5.85. The van der Waals surface area contributed by atoms with E-state index in [1.165, 1.54) is 6.26 Å². The maximum atomic E-state index is 11.1. The standard InChI is InChI=1S/C15H23N3O2S3/c1-11(2)6-8-16-15-18-13(10-21-15)14-5-4-12(22-14)7-9-17-23(3,19)20/h4-5,10-11,17H,6-9H2,1-3H3,(H,16,18). The first-order valence-electron chi connectivity index (χ1n) is 7.56. The second-order valence-corrected chi connectivity index (χ2v) is 9.69. The SMILES string of the molecule is CC(C)CCNc1nc(-c2ccc(CCNS(C)(=O)=O)s2)cs1. The highest BCUT2D eigenvalue weighted by atomic mass is 32.2. The van der Waals surface area contributed by atoms with E-state index in [0.717, 1.165) is 33.5 Å². The lowest BCUT2D eigenvalue weighted by Crippen LogP contribution is -2.23. The molecule has 0 bridgehead atoms. The van der Waals surface area contributed by atoms with Gasteiger partial charge in [-0.15, -0.1) is 22.7 Å². The van der Waals surface area contributed by atoms with Crippen LogP contribution < -0.4 is 10.0 Å². The molecule has 0 saturated carbocycles. The highest BCUT2D eigenvalue weighted by Crippen LogP contribution is 2.31. The Morgan fingerprint density at radius 2 is 2.04 bits per heavy atom. The topological polar surface area (TPSA) is 71.1 Å². The molecule has 23 heavy (non-hydrogen) atoms. The summed E-state index contributed by atoms with van der Waals surface area (Å²) < 4.78 is 24.6. The van der Waals surface area contributed by atoms with Gasteiger partial charge in [0.2, 0.25) is 10.0 Å². The molecule has 0 radical (unpaired) electrons. The van der Waals surface area contributed by atoms with Crippen molar-refractivity contribution in [2.24, 2.45) is 5.92 Å². The van der Waals surface area contributed by atoms with Crippen LogP contribution in [0.2, 0.25) is 0 Å². The fraction of sp³-hybridized carbons (Fsp3) is 0.533. The number of nitrogens with zero attached hydrogens (tertiary/aromatic N) is 1. The maximum absolute atomic E-state index is 11.1. The number of anilines is 1. The van der Waals surface area contributed by atoms with E-state index in [0.29, 0.717) is 18.9 Å². The molecule has 0 saturated heterocycles. The van der Waals surface area contributed by atoms with Gasteiger partial charge >= 0.3 is 0 Å². The Bertz CT molecular complexity index is 720. The Kier molecular flexibility index (Phi) is 6.58. The van der Waals surface area contributed by atoms with Crippen LogP contribution in [0.15, 0.2) is 17.5 Å². The zero-order chi connectivity index (χ0) is 16.9. The summed E-state index contributed by atoms with van der Waals surface area (Å²) >= 11 is 3.28. The number of hydrogen-bond donors (Lipinski definition) is 2. The molecule has 2 aromatic heterocycles. The normalized spacial score (nSPS) is 12.0. The van der Waals surface area contributed by atoms with Crippen LogP contribution in [-0.2, 0) is 16.4 Å². The molecule has 0 amide bonds. The minimum Gasteiger partial charge on any atom is -0.361 e. The first kappa shape index (κ1) is 18.4. The number of hydrogen-bond acceptors (Lipinski definition) is 6. The molecule has 0 unspecified atom stereocenters. The monoisotopic (exact) mass is 373 g/mol. The molecule has 0 aliphatic rings. The highest BCUT2D eigenvalue weighted by Gasteiger charge is 2.08. The molecule has 2 heterocycles. The molecule has 0 atom stereocenters. The van der Waals surface area contributed by atoms with Gasteiger partial charge in [-0.3, -0.25) is 0 Å². The van der Waals surface area contributed by atoms with Crippen molar-refractivity contribution in [3.05, 3.63) is 22.4 Å². The fourth-order valence-electron chi connectivity index (χ4n) is 1.95. The molecule has 0 fully saturated rings. The van der Waals surface area contributed by atoms with Gasteiger partial charge in [-0.25, -0.2) is 18.1 Å². The summed E-state index contributed by atoms with van der Waals surface area (Å²) in [6.45, 7) is 5.79. The second kappa shape index (κ2) is 8.23. The number of thiazole rings is 1. The van der Waals surface area contributed by atoms with Gasteiger partial charge in [-0.1, -0.05) is 13.8 Å². The largest absolute Gasteiger partial charge is 0.361 e. The minimum absolute atomic E-state index is 0.428. The Morgan fingerprint density at radius 3 is 2.74 bits per heavy atom. The Balaban J connectivity index is 1.89. The Labute approximate surface area is 146 Å². The number of nitrogens with one attached hydrogen (secondary N) is 2. The van der Waals surface area contributed by atoms with Crippen molar-refractivity contribution in [3.63, 3.8) is 0 Å².